The molecule has 13 heteroatoms. The summed E-state index contributed by atoms with van der Waals surface area (Å²) in [5.74, 6) is -1.91. The van der Waals surface area contributed by atoms with E-state index >= 15 is 4.39 Å². The van der Waals surface area contributed by atoms with Gasteiger partial charge >= 0.3 is 0 Å². The summed E-state index contributed by atoms with van der Waals surface area (Å²) in [4.78, 5) is 27.1. The molecule has 0 radical (unpaired) electrons. The zero-order valence-electron chi connectivity index (χ0n) is 20.8. The predicted octanol–water partition coefficient (Wildman–Crippen LogP) is 1.41. The molecule has 198 valence electrons. The highest BCUT2D eigenvalue weighted by molar-refractivity contribution is 6.12. The summed E-state index contributed by atoms with van der Waals surface area (Å²) in [6, 6.07) is 0.434. The van der Waals surface area contributed by atoms with Crippen LogP contribution in [0.5, 0.6) is 0 Å². The van der Waals surface area contributed by atoms with Gasteiger partial charge in [0.15, 0.2) is 23.1 Å². The van der Waals surface area contributed by atoms with Gasteiger partial charge in [0.1, 0.15) is 17.5 Å². The van der Waals surface area contributed by atoms with E-state index in [1.807, 2.05) is 4.90 Å². The van der Waals surface area contributed by atoms with Crippen LogP contribution < -0.4 is 16.0 Å². The minimum Gasteiger partial charge on any atom is -0.381 e. The zero-order chi connectivity index (χ0) is 26.3. The second-order valence-corrected chi connectivity index (χ2v) is 9.91. The van der Waals surface area contributed by atoms with Crippen LogP contribution in [0.1, 0.15) is 29.6 Å². The van der Waals surface area contributed by atoms with Gasteiger partial charge in [-0.1, -0.05) is 0 Å². The van der Waals surface area contributed by atoms with Crippen molar-refractivity contribution in [2.24, 2.45) is 5.92 Å². The Balaban J connectivity index is 1.30. The van der Waals surface area contributed by atoms with E-state index in [4.69, 9.17) is 5.73 Å². The molecule has 37 heavy (non-hydrogen) atoms. The third-order valence-corrected chi connectivity index (χ3v) is 7.39. The van der Waals surface area contributed by atoms with E-state index in [1.54, 1.807) is 0 Å². The highest BCUT2D eigenvalue weighted by Crippen LogP contribution is 2.34. The summed E-state index contributed by atoms with van der Waals surface area (Å²) >= 11 is 0. The standard InChI is InChI=1S/C24H31F2N9O2/c1-32(2)16-5-8-34(13-16)24(37)14-3-6-33(7-4-14)20-17(26)10-28-11-18(20)30-23(36)19-21(27)31-35-12-15(25)9-29-22(19)35/h9-12,14,16,24,37H,3-8,13H2,1-2H3,(H2,27,31)(H,30,36)/t16-,24?/m1/s1. The van der Waals surface area contributed by atoms with E-state index in [0.29, 0.717) is 32.0 Å². The molecule has 3 aromatic rings. The van der Waals surface area contributed by atoms with E-state index in [2.05, 4.69) is 44.3 Å². The first-order valence-corrected chi connectivity index (χ1v) is 12.3. The molecule has 0 spiro atoms. The molecule has 2 aliphatic heterocycles. The third kappa shape index (κ3) is 4.93. The maximum atomic E-state index is 15.0. The number of aliphatic hydroxyl groups excluding tert-OH is 1. The number of nitrogens with two attached hydrogens (primary N) is 1. The number of aliphatic hydroxyl groups is 1. The van der Waals surface area contributed by atoms with Crippen molar-refractivity contribution in [1.82, 2.24) is 29.4 Å². The third-order valence-electron chi connectivity index (χ3n) is 7.39. The summed E-state index contributed by atoms with van der Waals surface area (Å²) in [6.45, 7) is 2.71. The number of hydrogen-bond acceptors (Lipinski definition) is 9. The number of piperidine rings is 1. The lowest BCUT2D eigenvalue weighted by Gasteiger charge is -2.39. The van der Waals surface area contributed by atoms with Crippen molar-refractivity contribution in [3.05, 3.63) is 42.0 Å². The highest BCUT2D eigenvalue weighted by atomic mass is 19.1. The minimum absolute atomic E-state index is 0.0429. The molecule has 3 aromatic heterocycles. The summed E-state index contributed by atoms with van der Waals surface area (Å²) in [5, 5.41) is 17.6. The van der Waals surface area contributed by atoms with Gasteiger partial charge in [0.25, 0.3) is 5.91 Å². The summed E-state index contributed by atoms with van der Waals surface area (Å²) in [6.07, 6.45) is 6.34. The number of likely N-dealkylation sites (tertiary alicyclic amines) is 1. The Labute approximate surface area is 212 Å². The molecule has 2 saturated heterocycles. The normalized spacial score (nSPS) is 20.2. The second kappa shape index (κ2) is 10.1. The number of amides is 1. The maximum Gasteiger partial charge on any atom is 0.263 e. The maximum absolute atomic E-state index is 15.0. The fourth-order valence-corrected chi connectivity index (χ4v) is 5.32. The predicted molar refractivity (Wildman–Crippen MR) is 134 cm³/mol. The van der Waals surface area contributed by atoms with Crippen molar-refractivity contribution in [3.63, 3.8) is 0 Å². The van der Waals surface area contributed by atoms with Crippen molar-refractivity contribution in [3.8, 4) is 0 Å². The molecule has 2 atom stereocenters. The molecule has 0 aliphatic carbocycles. The molecule has 4 N–H and O–H groups in total. The Hall–Kier alpha value is -3.42. The number of carbonyl (C=O) groups is 1. The highest BCUT2D eigenvalue weighted by Gasteiger charge is 2.35. The molecule has 2 fully saturated rings. The smallest absolute Gasteiger partial charge is 0.263 e. The van der Waals surface area contributed by atoms with Crippen LogP contribution in [0.4, 0.5) is 26.0 Å². The number of fused-ring (bicyclic) bond motifs is 1. The van der Waals surface area contributed by atoms with Crippen molar-refractivity contribution < 1.29 is 18.7 Å². The number of pyridine rings is 1. The quantitative estimate of drug-likeness (QED) is 0.446. The molecule has 0 bridgehead atoms. The minimum atomic E-state index is -0.657. The largest absolute Gasteiger partial charge is 0.381 e. The van der Waals surface area contributed by atoms with Crippen LogP contribution in [0.15, 0.2) is 24.8 Å². The average molecular weight is 516 g/mol. The number of rotatable bonds is 6. The lowest BCUT2D eigenvalue weighted by Crippen LogP contribution is -2.46. The molecular weight excluding hydrogens is 484 g/mol. The molecule has 1 amide bonds. The fourth-order valence-electron chi connectivity index (χ4n) is 5.32. The number of nitrogens with one attached hydrogen (secondary N) is 1. The van der Waals surface area contributed by atoms with Crippen molar-refractivity contribution in [2.75, 3.05) is 56.2 Å². The molecule has 2 aliphatic rings. The molecule has 11 nitrogen and oxygen atoms in total. The van der Waals surface area contributed by atoms with Crippen molar-refractivity contribution in [2.45, 2.75) is 31.5 Å². The SMILES string of the molecule is CN(C)[C@@H]1CCN(C(O)C2CCN(c3c(F)cncc3NC(=O)c3c(N)nn4cc(F)cnc34)CC2)C1. The summed E-state index contributed by atoms with van der Waals surface area (Å²) < 4.78 is 29.6. The fraction of sp³-hybridized carbons (Fsp3) is 0.500. The Morgan fingerprint density at radius 2 is 1.95 bits per heavy atom. The van der Waals surface area contributed by atoms with E-state index in [-0.39, 0.29) is 34.3 Å². The Morgan fingerprint density at radius 1 is 1.19 bits per heavy atom. The van der Waals surface area contributed by atoms with Gasteiger partial charge in [-0.05, 0) is 33.4 Å². The topological polar surface area (TPSA) is 128 Å². The van der Waals surface area contributed by atoms with Crippen LogP contribution in [-0.4, -0.2) is 92.9 Å². The number of hydrogen-bond donors (Lipinski definition) is 3. The number of nitrogen functional groups attached to an aromatic ring is 1. The lowest BCUT2D eigenvalue weighted by atomic mass is 9.94. The number of nitrogens with zero attached hydrogens (tertiary/aromatic N) is 7. The molecule has 5 heterocycles. The van der Waals surface area contributed by atoms with E-state index in [1.165, 1.54) is 6.20 Å². The number of aromatic nitrogens is 4. The van der Waals surface area contributed by atoms with E-state index in [0.717, 1.165) is 42.6 Å². The Bertz CT molecular complexity index is 1290. The van der Waals surface area contributed by atoms with Gasteiger partial charge in [-0.25, -0.2) is 18.3 Å². The molecular formula is C24H31F2N9O2. The van der Waals surface area contributed by atoms with Crippen LogP contribution in [0.25, 0.3) is 5.65 Å². The Kier molecular flexibility index (Phi) is 6.92. The van der Waals surface area contributed by atoms with Crippen molar-refractivity contribution >= 4 is 28.7 Å². The van der Waals surface area contributed by atoms with E-state index < -0.39 is 23.8 Å². The number of likely N-dealkylation sites (N-methyl/N-ethyl adjacent to an activating group) is 1. The first-order valence-electron chi connectivity index (χ1n) is 12.3. The zero-order valence-corrected chi connectivity index (χ0v) is 20.8. The first-order chi connectivity index (χ1) is 17.7. The van der Waals surface area contributed by atoms with Gasteiger partial charge in [-0.2, -0.15) is 0 Å². The summed E-state index contributed by atoms with van der Waals surface area (Å²) in [5.41, 5.74) is 6.34. The summed E-state index contributed by atoms with van der Waals surface area (Å²) in [7, 11) is 4.11. The van der Waals surface area contributed by atoms with Crippen LogP contribution in [0.2, 0.25) is 0 Å². The number of halogens is 2. The van der Waals surface area contributed by atoms with Gasteiger partial charge in [-0.3, -0.25) is 14.7 Å². The monoisotopic (exact) mass is 515 g/mol. The molecule has 1 unspecified atom stereocenters. The van der Waals surface area contributed by atoms with E-state index in [9.17, 15) is 14.3 Å². The van der Waals surface area contributed by atoms with Gasteiger partial charge in [0, 0.05) is 38.1 Å². The second-order valence-electron chi connectivity index (χ2n) is 9.91. The van der Waals surface area contributed by atoms with Crippen LogP contribution in [0, 0.1) is 17.6 Å². The lowest BCUT2D eigenvalue weighted by molar-refractivity contribution is -0.0365. The van der Waals surface area contributed by atoms with Crippen LogP contribution >= 0.6 is 0 Å². The van der Waals surface area contributed by atoms with Gasteiger partial charge in [0.05, 0.1) is 30.5 Å². The molecule has 5 rings (SSSR count). The van der Waals surface area contributed by atoms with Crippen LogP contribution in [-0.2, 0) is 0 Å². The number of carbonyl (C=O) groups excluding carboxylic acids is 1. The van der Waals surface area contributed by atoms with Crippen LogP contribution in [0.3, 0.4) is 0 Å². The molecule has 0 saturated carbocycles. The first kappa shape index (κ1) is 25.2. The average Bonchev–Trinajstić information content (AvgIpc) is 3.48. The Morgan fingerprint density at radius 3 is 2.65 bits per heavy atom. The van der Waals surface area contributed by atoms with Gasteiger partial charge in [-0.15, -0.1) is 5.10 Å². The number of anilines is 3. The van der Waals surface area contributed by atoms with Crippen molar-refractivity contribution in [1.29, 1.82) is 0 Å². The van der Waals surface area contributed by atoms with Gasteiger partial charge < -0.3 is 26.0 Å². The molecule has 0 aromatic carbocycles. The van der Waals surface area contributed by atoms with Gasteiger partial charge in [0.2, 0.25) is 0 Å².